The molecule has 0 atom stereocenters. The van der Waals surface area contributed by atoms with Crippen LogP contribution in [0.4, 0.5) is 0 Å². The fraction of sp³-hybridized carbons (Fsp3) is 0.414. The van der Waals surface area contributed by atoms with Crippen molar-refractivity contribution >= 4 is 0 Å². The highest BCUT2D eigenvalue weighted by atomic mass is 16.5. The van der Waals surface area contributed by atoms with Crippen molar-refractivity contribution in [1.29, 1.82) is 0 Å². The average Bonchev–Trinajstić information content (AvgIpc) is 3.25. The van der Waals surface area contributed by atoms with Crippen molar-refractivity contribution in [1.82, 2.24) is 4.98 Å². The van der Waals surface area contributed by atoms with Crippen LogP contribution in [-0.4, -0.2) is 25.3 Å². The smallest absolute Gasteiger partial charge is 0.226 e. The van der Waals surface area contributed by atoms with Crippen molar-refractivity contribution in [3.05, 3.63) is 83.5 Å². The van der Waals surface area contributed by atoms with Crippen LogP contribution in [-0.2, 0) is 22.5 Å². The molecule has 5 nitrogen and oxygen atoms in total. The largest absolute Gasteiger partial charge is 0.501 e. The molecular weight excluding hydrogens is 426 g/mol. The number of methoxy groups -OCH3 is 1. The van der Waals surface area contributed by atoms with E-state index in [1.165, 1.54) is 5.56 Å². The molecule has 0 amide bonds. The number of allylic oxidation sites excluding steroid dienone is 2. The summed E-state index contributed by atoms with van der Waals surface area (Å²) in [5, 5.41) is 0. The van der Waals surface area contributed by atoms with Crippen molar-refractivity contribution in [2.24, 2.45) is 5.41 Å². The van der Waals surface area contributed by atoms with Crippen molar-refractivity contribution in [3.63, 3.8) is 0 Å². The van der Waals surface area contributed by atoms with E-state index in [-0.39, 0.29) is 5.41 Å². The first-order chi connectivity index (χ1) is 16.6. The average molecular weight is 462 g/mol. The number of aryl methyl sites for hydroxylation is 1. The van der Waals surface area contributed by atoms with Crippen molar-refractivity contribution in [3.8, 4) is 17.2 Å². The second-order valence-electron chi connectivity index (χ2n) is 8.95. The zero-order valence-electron chi connectivity index (χ0n) is 20.5. The predicted octanol–water partition coefficient (Wildman–Crippen LogP) is 6.90. The van der Waals surface area contributed by atoms with E-state index in [4.69, 9.17) is 18.6 Å². The van der Waals surface area contributed by atoms with Gasteiger partial charge < -0.3 is 18.6 Å². The van der Waals surface area contributed by atoms with Gasteiger partial charge in [-0.1, -0.05) is 43.7 Å². The summed E-state index contributed by atoms with van der Waals surface area (Å²) in [5.74, 6) is 3.33. The Morgan fingerprint density at radius 1 is 1.06 bits per heavy atom. The summed E-state index contributed by atoms with van der Waals surface area (Å²) >= 11 is 0. The number of oxazole rings is 1. The minimum atomic E-state index is -0.00376. The molecule has 1 saturated heterocycles. The zero-order valence-corrected chi connectivity index (χ0v) is 20.5. The third-order valence-electron chi connectivity index (χ3n) is 6.57. The van der Waals surface area contributed by atoms with Crippen LogP contribution in [0.15, 0.2) is 70.8 Å². The van der Waals surface area contributed by atoms with Crippen LogP contribution in [0, 0.1) is 12.3 Å². The quantitative estimate of drug-likeness (QED) is 0.307. The Morgan fingerprint density at radius 2 is 1.79 bits per heavy atom. The molecular formula is C29H35NO4. The summed E-state index contributed by atoms with van der Waals surface area (Å²) in [7, 11) is 1.80. The SMILES string of the molecule is CCCC=C(OC)C1(Cc2ccc(OCc3nc(-c4ccccc4)oc3C)cc2)CCOCC1. The molecule has 0 bridgehead atoms. The van der Waals surface area contributed by atoms with Crippen LogP contribution in [0.3, 0.4) is 0 Å². The molecule has 180 valence electrons. The van der Waals surface area contributed by atoms with Gasteiger partial charge in [0, 0.05) is 24.2 Å². The van der Waals surface area contributed by atoms with E-state index in [9.17, 15) is 0 Å². The second-order valence-corrected chi connectivity index (χ2v) is 8.95. The van der Waals surface area contributed by atoms with Gasteiger partial charge >= 0.3 is 0 Å². The molecule has 5 heteroatoms. The van der Waals surface area contributed by atoms with Crippen LogP contribution >= 0.6 is 0 Å². The maximum absolute atomic E-state index is 6.04. The van der Waals surface area contributed by atoms with Crippen LogP contribution < -0.4 is 4.74 Å². The van der Waals surface area contributed by atoms with Crippen molar-refractivity contribution in [2.45, 2.75) is 52.6 Å². The molecule has 4 rings (SSSR count). The third-order valence-corrected chi connectivity index (χ3v) is 6.57. The van der Waals surface area contributed by atoms with Gasteiger partial charge in [-0.05, 0) is 68.5 Å². The van der Waals surface area contributed by atoms with Gasteiger partial charge in [0.15, 0.2) is 0 Å². The Hall–Kier alpha value is -3.05. The number of ether oxygens (including phenoxy) is 3. The van der Waals surface area contributed by atoms with E-state index in [1.54, 1.807) is 7.11 Å². The highest BCUT2D eigenvalue weighted by molar-refractivity contribution is 5.53. The molecule has 1 aliphatic rings. The molecule has 0 radical (unpaired) electrons. The Labute approximate surface area is 202 Å². The van der Waals surface area contributed by atoms with Gasteiger partial charge in [-0.25, -0.2) is 4.98 Å². The van der Waals surface area contributed by atoms with Crippen LogP contribution in [0.1, 0.15) is 49.6 Å². The highest BCUT2D eigenvalue weighted by Gasteiger charge is 2.37. The van der Waals surface area contributed by atoms with Crippen LogP contribution in [0.5, 0.6) is 5.75 Å². The molecule has 0 unspecified atom stereocenters. The lowest BCUT2D eigenvalue weighted by Crippen LogP contribution is -2.34. The van der Waals surface area contributed by atoms with E-state index in [0.29, 0.717) is 12.5 Å². The number of nitrogens with zero attached hydrogens (tertiary/aromatic N) is 1. The first-order valence-electron chi connectivity index (χ1n) is 12.2. The summed E-state index contributed by atoms with van der Waals surface area (Å²) in [5.41, 5.74) is 3.05. The normalized spacial score (nSPS) is 15.8. The maximum atomic E-state index is 6.04. The lowest BCUT2D eigenvalue weighted by atomic mass is 9.73. The van der Waals surface area contributed by atoms with Crippen LogP contribution in [0.25, 0.3) is 11.5 Å². The summed E-state index contributed by atoms with van der Waals surface area (Å²) in [6, 6.07) is 18.3. The highest BCUT2D eigenvalue weighted by Crippen LogP contribution is 2.42. The van der Waals surface area contributed by atoms with Crippen molar-refractivity contribution < 1.29 is 18.6 Å². The lowest BCUT2D eigenvalue weighted by Gasteiger charge is -2.38. The monoisotopic (exact) mass is 461 g/mol. The molecule has 2 aromatic carbocycles. The molecule has 1 fully saturated rings. The van der Waals surface area contributed by atoms with Gasteiger partial charge in [-0.3, -0.25) is 0 Å². The van der Waals surface area contributed by atoms with Gasteiger partial charge in [-0.15, -0.1) is 0 Å². The molecule has 0 aliphatic carbocycles. The summed E-state index contributed by atoms with van der Waals surface area (Å²) in [6.45, 7) is 6.04. The predicted molar refractivity (Wildman–Crippen MR) is 134 cm³/mol. The Morgan fingerprint density at radius 3 is 2.47 bits per heavy atom. The number of hydrogen-bond donors (Lipinski definition) is 0. The Balaban J connectivity index is 1.42. The second kappa shape index (κ2) is 11.4. The summed E-state index contributed by atoms with van der Waals surface area (Å²) in [6.07, 6.45) is 7.30. The van der Waals surface area contributed by atoms with Gasteiger partial charge in [0.25, 0.3) is 0 Å². The number of benzene rings is 2. The fourth-order valence-corrected chi connectivity index (χ4v) is 4.58. The van der Waals surface area contributed by atoms with E-state index in [0.717, 1.165) is 73.8 Å². The van der Waals surface area contributed by atoms with Gasteiger partial charge in [-0.2, -0.15) is 0 Å². The lowest BCUT2D eigenvalue weighted by molar-refractivity contribution is 0.00660. The topological polar surface area (TPSA) is 53.7 Å². The minimum Gasteiger partial charge on any atom is -0.501 e. The molecule has 0 N–H and O–H groups in total. The molecule has 2 heterocycles. The first-order valence-corrected chi connectivity index (χ1v) is 12.2. The molecule has 3 aromatic rings. The molecule has 1 aromatic heterocycles. The van der Waals surface area contributed by atoms with Crippen LogP contribution in [0.2, 0.25) is 0 Å². The molecule has 0 spiro atoms. The third kappa shape index (κ3) is 5.71. The zero-order chi connectivity index (χ0) is 23.8. The van der Waals surface area contributed by atoms with E-state index in [2.05, 4.69) is 30.1 Å². The number of unbranched alkanes of at least 4 members (excludes halogenated alkanes) is 1. The summed E-state index contributed by atoms with van der Waals surface area (Å²) < 4.78 is 23.4. The maximum Gasteiger partial charge on any atom is 0.226 e. The van der Waals surface area contributed by atoms with Gasteiger partial charge in [0.05, 0.1) is 12.9 Å². The standard InChI is InChI=1S/C29H35NO4/c1-4-5-11-27(31-3)29(16-18-32-19-17-29)20-23-12-14-25(15-13-23)33-21-26-22(2)34-28(30-26)24-9-7-6-8-10-24/h6-15H,4-5,16-21H2,1-3H3. The number of hydrogen-bond acceptors (Lipinski definition) is 5. The van der Waals surface area contributed by atoms with E-state index in [1.807, 2.05) is 49.4 Å². The summed E-state index contributed by atoms with van der Waals surface area (Å²) in [4.78, 5) is 4.63. The fourth-order valence-electron chi connectivity index (χ4n) is 4.58. The number of rotatable bonds is 10. The molecule has 0 saturated carbocycles. The van der Waals surface area contributed by atoms with E-state index >= 15 is 0 Å². The Bertz CT molecular complexity index is 1060. The van der Waals surface area contributed by atoms with Gasteiger partial charge in [0.1, 0.15) is 23.8 Å². The minimum absolute atomic E-state index is 0.00376. The number of aromatic nitrogens is 1. The van der Waals surface area contributed by atoms with Crippen molar-refractivity contribution in [2.75, 3.05) is 20.3 Å². The first kappa shape index (κ1) is 24.1. The molecule has 34 heavy (non-hydrogen) atoms. The van der Waals surface area contributed by atoms with Gasteiger partial charge in [0.2, 0.25) is 5.89 Å². The van der Waals surface area contributed by atoms with E-state index < -0.39 is 0 Å². The molecule has 1 aliphatic heterocycles. The Kier molecular flexibility index (Phi) is 8.07.